The Bertz CT molecular complexity index is 1060. The van der Waals surface area contributed by atoms with E-state index in [2.05, 4.69) is 5.10 Å². The van der Waals surface area contributed by atoms with Gasteiger partial charge >= 0.3 is 0 Å². The fourth-order valence-corrected chi connectivity index (χ4v) is 4.49. The van der Waals surface area contributed by atoms with Gasteiger partial charge in [-0.2, -0.15) is 5.10 Å². The summed E-state index contributed by atoms with van der Waals surface area (Å²) in [5.41, 5.74) is 4.00. The van der Waals surface area contributed by atoms with Crippen molar-refractivity contribution in [2.75, 3.05) is 13.1 Å². The van der Waals surface area contributed by atoms with Crippen molar-refractivity contribution in [3.05, 3.63) is 69.9 Å². The number of amides is 1. The van der Waals surface area contributed by atoms with Crippen LogP contribution in [0.15, 0.2) is 47.5 Å². The van der Waals surface area contributed by atoms with Crippen molar-refractivity contribution in [3.8, 4) is 0 Å². The maximum Gasteiger partial charge on any atom is 0.267 e. The Morgan fingerprint density at radius 1 is 1.14 bits per heavy atom. The zero-order valence-corrected chi connectivity index (χ0v) is 15.9. The number of rotatable bonds is 3. The lowest BCUT2D eigenvalue weighted by Crippen LogP contribution is -2.40. The number of aromatic nitrogens is 3. The first-order chi connectivity index (χ1) is 13.7. The Labute approximate surface area is 163 Å². The van der Waals surface area contributed by atoms with E-state index in [0.717, 1.165) is 67.5 Å². The lowest BCUT2D eigenvalue weighted by atomic mass is 9.96. The van der Waals surface area contributed by atoms with E-state index < -0.39 is 0 Å². The minimum absolute atomic E-state index is 0.0136. The van der Waals surface area contributed by atoms with Crippen LogP contribution in [0.3, 0.4) is 0 Å². The van der Waals surface area contributed by atoms with Crippen molar-refractivity contribution in [1.29, 1.82) is 0 Å². The van der Waals surface area contributed by atoms with Crippen LogP contribution in [0.1, 0.15) is 40.9 Å². The van der Waals surface area contributed by atoms with Crippen molar-refractivity contribution in [2.24, 2.45) is 5.92 Å². The fraction of sp³-hybridized carbons (Fsp3) is 0.409. The SMILES string of the molecule is O=C(c1cc2ccccn2c1)N1CCC(Cn2nc3c(cc2=O)CCC3)CC1. The molecule has 28 heavy (non-hydrogen) atoms. The molecule has 0 bridgehead atoms. The third kappa shape index (κ3) is 3.13. The standard InChI is InChI=1S/C22H24N4O2/c27-21-13-17-4-3-6-20(17)23-26(21)14-16-7-10-24(11-8-16)22(28)18-12-19-5-1-2-9-25(19)15-18/h1-2,5,9,12-13,15-16H,3-4,6-8,10-11,14H2. The largest absolute Gasteiger partial charge is 0.339 e. The van der Waals surface area contributed by atoms with Gasteiger partial charge in [0.2, 0.25) is 0 Å². The Morgan fingerprint density at radius 2 is 2.00 bits per heavy atom. The number of hydrogen-bond donors (Lipinski definition) is 0. The second-order valence-corrected chi connectivity index (χ2v) is 7.99. The smallest absolute Gasteiger partial charge is 0.267 e. The summed E-state index contributed by atoms with van der Waals surface area (Å²) in [6.45, 7) is 2.12. The van der Waals surface area contributed by atoms with Crippen molar-refractivity contribution in [3.63, 3.8) is 0 Å². The van der Waals surface area contributed by atoms with Crippen LogP contribution in [-0.4, -0.2) is 38.1 Å². The first kappa shape index (κ1) is 17.2. The molecule has 4 heterocycles. The molecule has 2 aliphatic rings. The van der Waals surface area contributed by atoms with Crippen LogP contribution in [-0.2, 0) is 19.4 Å². The average molecular weight is 376 g/mol. The van der Waals surface area contributed by atoms with Gasteiger partial charge in [0.1, 0.15) is 0 Å². The van der Waals surface area contributed by atoms with Gasteiger partial charge in [0.25, 0.3) is 11.5 Å². The molecule has 6 nitrogen and oxygen atoms in total. The molecule has 0 atom stereocenters. The summed E-state index contributed by atoms with van der Waals surface area (Å²) >= 11 is 0. The summed E-state index contributed by atoms with van der Waals surface area (Å²) in [4.78, 5) is 27.1. The van der Waals surface area contributed by atoms with Crippen molar-refractivity contribution in [1.82, 2.24) is 19.1 Å². The predicted octanol–water partition coefficient (Wildman–Crippen LogP) is 2.54. The molecule has 1 saturated heterocycles. The van der Waals surface area contributed by atoms with E-state index in [0.29, 0.717) is 12.5 Å². The highest BCUT2D eigenvalue weighted by atomic mass is 16.2. The summed E-state index contributed by atoms with van der Waals surface area (Å²) in [5.74, 6) is 0.483. The zero-order chi connectivity index (χ0) is 19.1. The number of hydrogen-bond acceptors (Lipinski definition) is 3. The number of piperidine rings is 1. The Morgan fingerprint density at radius 3 is 2.82 bits per heavy atom. The molecule has 1 aliphatic carbocycles. The van der Waals surface area contributed by atoms with E-state index >= 15 is 0 Å². The van der Waals surface area contributed by atoms with Crippen LogP contribution in [0.25, 0.3) is 5.52 Å². The molecule has 0 unspecified atom stereocenters. The predicted molar refractivity (Wildman–Crippen MR) is 107 cm³/mol. The van der Waals surface area contributed by atoms with Crippen molar-refractivity contribution < 1.29 is 4.79 Å². The normalized spacial score (nSPS) is 17.2. The second-order valence-electron chi connectivity index (χ2n) is 7.99. The highest BCUT2D eigenvalue weighted by Gasteiger charge is 2.25. The minimum atomic E-state index is 0.0136. The molecule has 5 rings (SSSR count). The Hall–Kier alpha value is -2.89. The van der Waals surface area contributed by atoms with E-state index in [4.69, 9.17) is 0 Å². The van der Waals surface area contributed by atoms with Gasteiger partial charge in [-0.25, -0.2) is 4.68 Å². The maximum atomic E-state index is 12.9. The highest BCUT2D eigenvalue weighted by molar-refractivity contribution is 5.95. The molecule has 0 aromatic carbocycles. The topological polar surface area (TPSA) is 59.6 Å². The van der Waals surface area contributed by atoms with E-state index in [9.17, 15) is 9.59 Å². The molecule has 3 aromatic heterocycles. The molecule has 1 aliphatic heterocycles. The van der Waals surface area contributed by atoms with Gasteiger partial charge in [-0.15, -0.1) is 0 Å². The molecule has 0 saturated carbocycles. The van der Waals surface area contributed by atoms with Crippen molar-refractivity contribution >= 4 is 11.4 Å². The van der Waals surface area contributed by atoms with E-state index in [-0.39, 0.29) is 11.5 Å². The first-order valence-corrected chi connectivity index (χ1v) is 10.1. The number of likely N-dealkylation sites (tertiary alicyclic amines) is 1. The molecule has 3 aromatic rings. The van der Waals surface area contributed by atoms with Crippen LogP contribution in [0, 0.1) is 5.92 Å². The van der Waals surface area contributed by atoms with Crippen LogP contribution in [0.5, 0.6) is 0 Å². The van der Waals surface area contributed by atoms with Gasteiger partial charge in [-0.05, 0) is 61.8 Å². The number of pyridine rings is 1. The quantitative estimate of drug-likeness (QED) is 0.706. The maximum absolute atomic E-state index is 12.9. The second kappa shape index (κ2) is 6.93. The van der Waals surface area contributed by atoms with E-state index in [1.54, 1.807) is 10.7 Å². The van der Waals surface area contributed by atoms with E-state index in [1.165, 1.54) is 0 Å². The molecule has 6 heteroatoms. The molecule has 0 spiro atoms. The van der Waals surface area contributed by atoms with Gasteiger partial charge in [-0.3, -0.25) is 9.59 Å². The van der Waals surface area contributed by atoms with Crippen LogP contribution >= 0.6 is 0 Å². The molecule has 144 valence electrons. The molecule has 0 N–H and O–H groups in total. The summed E-state index contributed by atoms with van der Waals surface area (Å²) in [6.07, 6.45) is 8.73. The number of carbonyl (C=O) groups excluding carboxylic acids is 1. The van der Waals surface area contributed by atoms with Crippen molar-refractivity contribution in [2.45, 2.75) is 38.6 Å². The summed E-state index contributed by atoms with van der Waals surface area (Å²) in [6, 6.07) is 9.66. The number of aryl methyl sites for hydroxylation is 2. The lowest BCUT2D eigenvalue weighted by molar-refractivity contribution is 0.0680. The van der Waals surface area contributed by atoms with Crippen LogP contribution < -0.4 is 5.56 Å². The highest BCUT2D eigenvalue weighted by Crippen LogP contribution is 2.22. The first-order valence-electron chi connectivity index (χ1n) is 10.1. The molecule has 0 radical (unpaired) electrons. The zero-order valence-electron chi connectivity index (χ0n) is 15.9. The summed E-state index contributed by atoms with van der Waals surface area (Å²) in [7, 11) is 0. The van der Waals surface area contributed by atoms with Gasteiger partial charge in [0.15, 0.2) is 0 Å². The molecular weight excluding hydrogens is 352 g/mol. The fourth-order valence-electron chi connectivity index (χ4n) is 4.49. The monoisotopic (exact) mass is 376 g/mol. The van der Waals surface area contributed by atoms with Gasteiger partial charge in [-0.1, -0.05) is 6.07 Å². The Kier molecular flexibility index (Phi) is 4.26. The van der Waals surface area contributed by atoms with Crippen LogP contribution in [0.4, 0.5) is 0 Å². The van der Waals surface area contributed by atoms with Gasteiger partial charge in [0.05, 0.1) is 11.3 Å². The number of carbonyl (C=O) groups is 1. The van der Waals surface area contributed by atoms with Crippen LogP contribution in [0.2, 0.25) is 0 Å². The minimum Gasteiger partial charge on any atom is -0.339 e. The van der Waals surface area contributed by atoms with E-state index in [1.807, 2.05) is 46.0 Å². The number of nitrogens with zero attached hydrogens (tertiary/aromatic N) is 4. The summed E-state index contributed by atoms with van der Waals surface area (Å²) < 4.78 is 3.62. The number of fused-ring (bicyclic) bond motifs is 2. The average Bonchev–Trinajstić information content (AvgIpc) is 3.34. The molecule has 1 fully saturated rings. The third-order valence-electron chi connectivity index (χ3n) is 6.11. The molecule has 1 amide bonds. The third-order valence-corrected chi connectivity index (χ3v) is 6.11. The Balaban J connectivity index is 1.24. The van der Waals surface area contributed by atoms with Gasteiger partial charge in [0, 0.05) is 43.6 Å². The molecular formula is C22H24N4O2. The lowest BCUT2D eigenvalue weighted by Gasteiger charge is -2.32. The summed E-state index contributed by atoms with van der Waals surface area (Å²) in [5, 5.41) is 4.59. The van der Waals surface area contributed by atoms with Gasteiger partial charge < -0.3 is 9.30 Å².